The summed E-state index contributed by atoms with van der Waals surface area (Å²) < 4.78 is 71.2. The second-order valence-corrected chi connectivity index (χ2v) is 13.4. The van der Waals surface area contributed by atoms with Crippen molar-refractivity contribution < 1.29 is 76.0 Å². The van der Waals surface area contributed by atoms with E-state index in [0.29, 0.717) is 184 Å². The molecule has 0 aliphatic heterocycles. The molecule has 0 aromatic heterocycles. The predicted octanol–water partition coefficient (Wildman–Crippen LogP) is 2.00. The number of alkyl carbamates (subject to hydrolysis) is 1. The Hall–Kier alpha value is -2.79. The number of allylic oxidation sites excluding steroid dienone is 2. The van der Waals surface area contributed by atoms with Gasteiger partial charge >= 0.3 is 6.09 Å². The Morgan fingerprint density at radius 2 is 0.820 bits per heavy atom. The van der Waals surface area contributed by atoms with Crippen LogP contribution in [0.3, 0.4) is 0 Å². The van der Waals surface area contributed by atoms with E-state index >= 15 is 0 Å². The minimum Gasteiger partial charge on any atom is -0.446 e. The van der Waals surface area contributed by atoms with Crippen molar-refractivity contribution >= 4 is 17.9 Å². The first-order chi connectivity index (χ1) is 30.0. The smallest absolute Gasteiger partial charge is 0.407 e. The molecular formula is C42H77N3O16. The van der Waals surface area contributed by atoms with Gasteiger partial charge < -0.3 is 77.5 Å². The van der Waals surface area contributed by atoms with E-state index < -0.39 is 0 Å². The van der Waals surface area contributed by atoms with Crippen molar-refractivity contribution in [3.05, 3.63) is 24.3 Å². The molecule has 0 fully saturated rings. The van der Waals surface area contributed by atoms with Crippen LogP contribution in [0.25, 0.3) is 0 Å². The fourth-order valence-corrected chi connectivity index (χ4v) is 4.96. The van der Waals surface area contributed by atoms with Gasteiger partial charge in [-0.1, -0.05) is 18.7 Å². The van der Waals surface area contributed by atoms with E-state index in [9.17, 15) is 14.4 Å². The van der Waals surface area contributed by atoms with E-state index in [1.165, 1.54) is 0 Å². The van der Waals surface area contributed by atoms with Crippen LogP contribution in [0.4, 0.5) is 4.79 Å². The maximum absolute atomic E-state index is 11.9. The third-order valence-electron chi connectivity index (χ3n) is 8.19. The molecule has 0 radical (unpaired) electrons. The summed E-state index contributed by atoms with van der Waals surface area (Å²) in [4.78, 5) is 35.0. The monoisotopic (exact) mass is 880 g/mol. The number of hydrogen-bond donors (Lipinski definition) is 3. The van der Waals surface area contributed by atoms with Crippen LogP contribution >= 0.6 is 0 Å². The normalized spacial score (nSPS) is 14.5. The lowest BCUT2D eigenvalue weighted by atomic mass is 10.0. The largest absolute Gasteiger partial charge is 0.446 e. The summed E-state index contributed by atoms with van der Waals surface area (Å²) in [5, 5.41) is 8.09. The van der Waals surface area contributed by atoms with Crippen molar-refractivity contribution in [2.75, 3.05) is 178 Å². The third-order valence-corrected chi connectivity index (χ3v) is 8.19. The minimum absolute atomic E-state index is 0.0149. The molecule has 1 rings (SSSR count). The van der Waals surface area contributed by atoms with E-state index in [4.69, 9.17) is 61.6 Å². The second kappa shape index (κ2) is 45.2. The van der Waals surface area contributed by atoms with Crippen molar-refractivity contribution in [2.45, 2.75) is 51.6 Å². The SMILES string of the molecule is C=C(C)C(=O)NCCNC(=O)CCOCCOCCOCCOCCOCCOCCOCCOCCOCCOCCOCCOCCNC(=O)OC1CC/C=C/CCC1. The molecule has 0 bridgehead atoms. The molecule has 356 valence electrons. The van der Waals surface area contributed by atoms with Crippen LogP contribution in [0.1, 0.15) is 45.4 Å². The number of rotatable bonds is 44. The van der Waals surface area contributed by atoms with Crippen molar-refractivity contribution in [1.82, 2.24) is 16.0 Å². The molecule has 0 saturated carbocycles. The number of nitrogens with one attached hydrogen (secondary N) is 3. The number of carbonyl (C=O) groups is 3. The van der Waals surface area contributed by atoms with Crippen molar-refractivity contribution in [1.29, 1.82) is 0 Å². The van der Waals surface area contributed by atoms with Gasteiger partial charge in [-0.05, 0) is 39.0 Å². The lowest BCUT2D eigenvalue weighted by Gasteiger charge is -2.18. The zero-order chi connectivity index (χ0) is 43.9. The van der Waals surface area contributed by atoms with Gasteiger partial charge in [0, 0.05) is 31.6 Å². The van der Waals surface area contributed by atoms with Gasteiger partial charge in [0.25, 0.3) is 0 Å². The zero-order valence-corrected chi connectivity index (χ0v) is 36.8. The number of hydrogen-bond acceptors (Lipinski definition) is 16. The Kier molecular flexibility index (Phi) is 41.7. The molecule has 0 spiro atoms. The van der Waals surface area contributed by atoms with Crippen LogP contribution in [0.2, 0.25) is 0 Å². The van der Waals surface area contributed by atoms with Crippen molar-refractivity contribution in [3.8, 4) is 0 Å². The molecule has 0 saturated heterocycles. The Balaban J connectivity index is 1.65. The highest BCUT2D eigenvalue weighted by Gasteiger charge is 2.14. The van der Waals surface area contributed by atoms with Crippen molar-refractivity contribution in [2.24, 2.45) is 0 Å². The Bertz CT molecular complexity index is 1070. The summed E-state index contributed by atoms with van der Waals surface area (Å²) in [6, 6.07) is 0. The van der Waals surface area contributed by atoms with E-state index in [1.807, 2.05) is 0 Å². The van der Waals surface area contributed by atoms with E-state index in [-0.39, 0.29) is 30.4 Å². The van der Waals surface area contributed by atoms with Gasteiger partial charge in [0.1, 0.15) is 6.10 Å². The van der Waals surface area contributed by atoms with E-state index in [2.05, 4.69) is 34.7 Å². The molecule has 61 heavy (non-hydrogen) atoms. The number of ether oxygens (including phenoxy) is 13. The van der Waals surface area contributed by atoms with Gasteiger partial charge in [0.15, 0.2) is 0 Å². The van der Waals surface area contributed by atoms with Gasteiger partial charge in [-0.3, -0.25) is 9.59 Å². The van der Waals surface area contributed by atoms with Crippen molar-refractivity contribution in [3.63, 3.8) is 0 Å². The topological polar surface area (TPSA) is 207 Å². The van der Waals surface area contributed by atoms with Gasteiger partial charge in [-0.15, -0.1) is 0 Å². The molecule has 1 atom stereocenters. The zero-order valence-electron chi connectivity index (χ0n) is 36.8. The van der Waals surface area contributed by atoms with Gasteiger partial charge in [0.05, 0.1) is 159 Å². The summed E-state index contributed by atoms with van der Waals surface area (Å²) in [7, 11) is 0. The molecule has 1 unspecified atom stereocenters. The first-order valence-electron chi connectivity index (χ1n) is 21.7. The molecule has 0 aromatic rings. The third kappa shape index (κ3) is 42.3. The molecule has 0 aromatic carbocycles. The van der Waals surface area contributed by atoms with Gasteiger partial charge in [0.2, 0.25) is 11.8 Å². The quantitative estimate of drug-likeness (QED) is 0.0455. The molecule has 19 nitrogen and oxygen atoms in total. The average Bonchev–Trinajstić information content (AvgIpc) is 3.24. The predicted molar refractivity (Wildman–Crippen MR) is 226 cm³/mol. The van der Waals surface area contributed by atoms with E-state index in [0.717, 1.165) is 32.1 Å². The Morgan fingerprint density at radius 3 is 1.23 bits per heavy atom. The fraction of sp³-hybridized carbons (Fsp3) is 0.833. The molecule has 3 amide bonds. The lowest BCUT2D eigenvalue weighted by Crippen LogP contribution is -2.35. The fourth-order valence-electron chi connectivity index (χ4n) is 4.96. The van der Waals surface area contributed by atoms with Crippen LogP contribution < -0.4 is 16.0 Å². The second-order valence-electron chi connectivity index (χ2n) is 13.4. The van der Waals surface area contributed by atoms with Crippen LogP contribution in [-0.2, 0) is 71.2 Å². The van der Waals surface area contributed by atoms with Crippen LogP contribution in [0.15, 0.2) is 24.3 Å². The summed E-state index contributed by atoms with van der Waals surface area (Å²) in [6.07, 6.45) is 9.00. The average molecular weight is 880 g/mol. The lowest BCUT2D eigenvalue weighted by molar-refractivity contribution is -0.122. The highest BCUT2D eigenvalue weighted by atomic mass is 16.6. The molecule has 19 heteroatoms. The van der Waals surface area contributed by atoms with E-state index in [1.54, 1.807) is 6.92 Å². The summed E-state index contributed by atoms with van der Waals surface area (Å²) in [5.41, 5.74) is 0.428. The van der Waals surface area contributed by atoms with Crippen LogP contribution in [0, 0.1) is 0 Å². The number of carbonyl (C=O) groups excluding carboxylic acids is 3. The molecule has 1 aliphatic carbocycles. The first kappa shape index (κ1) is 56.2. The maximum atomic E-state index is 11.9. The first-order valence-corrected chi connectivity index (χ1v) is 21.7. The summed E-state index contributed by atoms with van der Waals surface area (Å²) in [5.74, 6) is -0.369. The molecular weight excluding hydrogens is 802 g/mol. The summed E-state index contributed by atoms with van der Waals surface area (Å²) in [6.45, 7) is 17.1. The van der Waals surface area contributed by atoms with Crippen LogP contribution in [-0.4, -0.2) is 202 Å². The van der Waals surface area contributed by atoms with Crippen LogP contribution in [0.5, 0.6) is 0 Å². The molecule has 1 aliphatic rings. The van der Waals surface area contributed by atoms with Gasteiger partial charge in [-0.25, -0.2) is 4.79 Å². The molecule has 0 heterocycles. The van der Waals surface area contributed by atoms with Gasteiger partial charge in [-0.2, -0.15) is 0 Å². The Labute approximate surface area is 363 Å². The number of amides is 3. The minimum atomic E-state index is -0.383. The summed E-state index contributed by atoms with van der Waals surface area (Å²) >= 11 is 0. The Morgan fingerprint density at radius 1 is 0.459 bits per heavy atom. The maximum Gasteiger partial charge on any atom is 0.407 e. The highest BCUT2D eigenvalue weighted by molar-refractivity contribution is 5.92. The highest BCUT2D eigenvalue weighted by Crippen LogP contribution is 2.15. The molecule has 3 N–H and O–H groups in total. The standard InChI is InChI=1S/C42H77N3O16/c1-38(2)41(47)44-12-11-43-40(46)10-14-49-16-18-51-20-22-53-24-26-55-28-30-57-32-34-59-36-37-60-35-33-58-31-29-56-27-25-54-23-21-52-19-17-50-15-13-45-42(48)61-39-8-6-4-3-5-7-9-39/h3-4,39H,1,5-37H2,2H3,(H,43,46)(H,44,47)(H,45,48)/b4-3+.